The summed E-state index contributed by atoms with van der Waals surface area (Å²) in [6, 6.07) is 3.46. The van der Waals surface area contributed by atoms with E-state index in [0.717, 1.165) is 5.71 Å². The Morgan fingerprint density at radius 3 is 2.68 bits per heavy atom. The SMILES string of the molecule is CC(C)(C)C1=NN(c2cccnn2)C(=O)C1CCN. The molecule has 1 amide bonds. The molecule has 0 bridgehead atoms. The molecule has 0 saturated carbocycles. The third-order valence-corrected chi connectivity index (χ3v) is 3.04. The lowest BCUT2D eigenvalue weighted by atomic mass is 9.81. The van der Waals surface area contributed by atoms with Crippen molar-refractivity contribution in [2.45, 2.75) is 27.2 Å². The van der Waals surface area contributed by atoms with Crippen molar-refractivity contribution in [2.24, 2.45) is 22.2 Å². The molecule has 19 heavy (non-hydrogen) atoms. The monoisotopic (exact) mass is 261 g/mol. The zero-order chi connectivity index (χ0) is 14.0. The molecule has 0 aromatic carbocycles. The number of hydrazone groups is 1. The van der Waals surface area contributed by atoms with Gasteiger partial charge in [0.1, 0.15) is 0 Å². The molecule has 2 rings (SSSR count). The zero-order valence-corrected chi connectivity index (χ0v) is 11.5. The van der Waals surface area contributed by atoms with Crippen molar-refractivity contribution >= 4 is 17.4 Å². The highest BCUT2D eigenvalue weighted by atomic mass is 16.2. The van der Waals surface area contributed by atoms with Crippen LogP contribution in [0.4, 0.5) is 5.82 Å². The quantitative estimate of drug-likeness (QED) is 0.885. The van der Waals surface area contributed by atoms with E-state index < -0.39 is 0 Å². The predicted octanol–water partition coefficient (Wildman–Crippen LogP) is 1.19. The number of carbonyl (C=O) groups is 1. The van der Waals surface area contributed by atoms with E-state index in [1.165, 1.54) is 5.01 Å². The van der Waals surface area contributed by atoms with Gasteiger partial charge < -0.3 is 5.73 Å². The fraction of sp³-hybridized carbons (Fsp3) is 0.538. The molecule has 1 aromatic rings. The largest absolute Gasteiger partial charge is 0.330 e. The van der Waals surface area contributed by atoms with Gasteiger partial charge in [0.2, 0.25) is 0 Å². The Kier molecular flexibility index (Phi) is 3.61. The van der Waals surface area contributed by atoms with Crippen molar-refractivity contribution < 1.29 is 4.79 Å². The smallest absolute Gasteiger partial charge is 0.257 e. The first-order valence-corrected chi connectivity index (χ1v) is 6.36. The average molecular weight is 261 g/mol. The van der Waals surface area contributed by atoms with Gasteiger partial charge in [-0.1, -0.05) is 20.8 Å². The highest BCUT2D eigenvalue weighted by Gasteiger charge is 2.41. The number of aromatic nitrogens is 2. The van der Waals surface area contributed by atoms with Crippen LogP contribution in [0.1, 0.15) is 27.2 Å². The van der Waals surface area contributed by atoms with E-state index in [-0.39, 0.29) is 17.2 Å². The fourth-order valence-electron chi connectivity index (χ4n) is 2.16. The van der Waals surface area contributed by atoms with Crippen LogP contribution in [0.15, 0.2) is 23.4 Å². The molecule has 0 radical (unpaired) electrons. The summed E-state index contributed by atoms with van der Waals surface area (Å²) >= 11 is 0. The standard InChI is InChI=1S/C13H19N5O/c1-13(2,3)11-9(6-7-14)12(19)18(17-11)10-5-4-8-15-16-10/h4-5,8-9H,6-7,14H2,1-3H3. The molecule has 1 aromatic heterocycles. The Balaban J connectivity index is 2.38. The molecule has 0 saturated heterocycles. The van der Waals surface area contributed by atoms with Crippen LogP contribution >= 0.6 is 0 Å². The minimum Gasteiger partial charge on any atom is -0.330 e. The van der Waals surface area contributed by atoms with Crippen LogP contribution in [0.2, 0.25) is 0 Å². The van der Waals surface area contributed by atoms with Crippen LogP contribution in [-0.2, 0) is 4.79 Å². The van der Waals surface area contributed by atoms with Gasteiger partial charge >= 0.3 is 0 Å². The van der Waals surface area contributed by atoms with E-state index >= 15 is 0 Å². The maximum Gasteiger partial charge on any atom is 0.257 e. The minimum absolute atomic E-state index is 0.0733. The number of nitrogens with two attached hydrogens (primary N) is 1. The van der Waals surface area contributed by atoms with Gasteiger partial charge in [-0.05, 0) is 25.1 Å². The van der Waals surface area contributed by atoms with Crippen molar-refractivity contribution in [2.75, 3.05) is 11.6 Å². The van der Waals surface area contributed by atoms with Crippen LogP contribution < -0.4 is 10.7 Å². The second kappa shape index (κ2) is 5.05. The molecule has 1 atom stereocenters. The Morgan fingerprint density at radius 2 is 2.16 bits per heavy atom. The molecule has 0 aliphatic carbocycles. The summed E-state index contributed by atoms with van der Waals surface area (Å²) in [6.07, 6.45) is 2.17. The molecule has 6 heteroatoms. The van der Waals surface area contributed by atoms with Crippen molar-refractivity contribution in [1.29, 1.82) is 0 Å². The molecule has 1 aliphatic rings. The van der Waals surface area contributed by atoms with Crippen LogP contribution in [0.5, 0.6) is 0 Å². The summed E-state index contributed by atoms with van der Waals surface area (Å²) in [4.78, 5) is 12.4. The van der Waals surface area contributed by atoms with Gasteiger partial charge in [-0.3, -0.25) is 4.79 Å². The van der Waals surface area contributed by atoms with Gasteiger partial charge in [0, 0.05) is 11.6 Å². The lowest BCUT2D eigenvalue weighted by Gasteiger charge is -2.21. The molecule has 2 heterocycles. The number of amides is 1. The number of hydrogen-bond acceptors (Lipinski definition) is 5. The lowest BCUT2D eigenvalue weighted by Crippen LogP contribution is -2.33. The number of rotatable bonds is 3. The molecule has 0 fully saturated rings. The van der Waals surface area contributed by atoms with Gasteiger partial charge in [0.15, 0.2) is 5.82 Å². The number of anilines is 1. The van der Waals surface area contributed by atoms with Crippen LogP contribution in [0.25, 0.3) is 0 Å². The third kappa shape index (κ3) is 2.63. The Labute approximate surface area is 112 Å². The Morgan fingerprint density at radius 1 is 1.42 bits per heavy atom. The number of carbonyl (C=O) groups excluding carboxylic acids is 1. The second-order valence-corrected chi connectivity index (χ2v) is 5.60. The fourth-order valence-corrected chi connectivity index (χ4v) is 2.16. The topological polar surface area (TPSA) is 84.5 Å². The lowest BCUT2D eigenvalue weighted by molar-refractivity contribution is -0.120. The van der Waals surface area contributed by atoms with Gasteiger partial charge in [-0.2, -0.15) is 15.2 Å². The number of nitrogens with zero attached hydrogens (tertiary/aromatic N) is 4. The summed E-state index contributed by atoms with van der Waals surface area (Å²) in [5.74, 6) is 0.122. The van der Waals surface area contributed by atoms with Crippen molar-refractivity contribution in [3.63, 3.8) is 0 Å². The molecule has 0 spiro atoms. The van der Waals surface area contributed by atoms with Gasteiger partial charge in [-0.15, -0.1) is 5.10 Å². The van der Waals surface area contributed by atoms with Crippen molar-refractivity contribution in [3.05, 3.63) is 18.3 Å². The summed E-state index contributed by atoms with van der Waals surface area (Å²) in [5, 5.41) is 13.5. The molecular formula is C13H19N5O. The van der Waals surface area contributed by atoms with Gasteiger partial charge in [-0.25, -0.2) is 0 Å². The van der Waals surface area contributed by atoms with Crippen molar-refractivity contribution in [3.8, 4) is 0 Å². The highest BCUT2D eigenvalue weighted by Crippen LogP contribution is 2.32. The molecule has 102 valence electrons. The zero-order valence-electron chi connectivity index (χ0n) is 11.5. The third-order valence-electron chi connectivity index (χ3n) is 3.04. The Bertz CT molecular complexity index is 492. The first kappa shape index (κ1) is 13.6. The van der Waals surface area contributed by atoms with Crippen molar-refractivity contribution in [1.82, 2.24) is 10.2 Å². The Hall–Kier alpha value is -1.82. The highest BCUT2D eigenvalue weighted by molar-refractivity contribution is 6.16. The summed E-state index contributed by atoms with van der Waals surface area (Å²) in [5.41, 5.74) is 6.29. The van der Waals surface area contributed by atoms with E-state index in [0.29, 0.717) is 18.8 Å². The predicted molar refractivity (Wildman–Crippen MR) is 73.6 cm³/mol. The van der Waals surface area contributed by atoms with E-state index in [1.807, 2.05) is 20.8 Å². The van der Waals surface area contributed by atoms with Gasteiger partial charge in [0.05, 0.1) is 11.6 Å². The van der Waals surface area contributed by atoms with Gasteiger partial charge in [0.25, 0.3) is 5.91 Å². The average Bonchev–Trinajstić information content (AvgIpc) is 2.69. The maximum atomic E-state index is 12.4. The molecule has 1 unspecified atom stereocenters. The summed E-state index contributed by atoms with van der Waals surface area (Å²) < 4.78 is 0. The van der Waals surface area contributed by atoms with E-state index in [9.17, 15) is 4.79 Å². The normalized spacial score (nSPS) is 19.8. The maximum absolute atomic E-state index is 12.4. The molecule has 6 nitrogen and oxygen atoms in total. The van der Waals surface area contributed by atoms with E-state index in [1.54, 1.807) is 18.3 Å². The summed E-state index contributed by atoms with van der Waals surface area (Å²) in [6.45, 7) is 6.59. The molecular weight excluding hydrogens is 242 g/mol. The first-order chi connectivity index (χ1) is 8.95. The second-order valence-electron chi connectivity index (χ2n) is 5.60. The van der Waals surface area contributed by atoms with E-state index in [4.69, 9.17) is 5.73 Å². The summed E-state index contributed by atoms with van der Waals surface area (Å²) in [7, 11) is 0. The number of hydrogen-bond donors (Lipinski definition) is 1. The van der Waals surface area contributed by atoms with E-state index in [2.05, 4.69) is 15.3 Å². The first-order valence-electron chi connectivity index (χ1n) is 6.36. The van der Waals surface area contributed by atoms with Crippen LogP contribution in [-0.4, -0.2) is 28.4 Å². The molecule has 1 aliphatic heterocycles. The van der Waals surface area contributed by atoms with Crippen LogP contribution in [0, 0.1) is 11.3 Å². The minimum atomic E-state index is -0.257. The van der Waals surface area contributed by atoms with Crippen LogP contribution in [0.3, 0.4) is 0 Å². The molecule has 2 N–H and O–H groups in total.